The van der Waals surface area contributed by atoms with E-state index in [1.54, 1.807) is 0 Å². The highest BCUT2D eigenvalue weighted by molar-refractivity contribution is 7.98. The summed E-state index contributed by atoms with van der Waals surface area (Å²) >= 11 is 1.50. The molecule has 24 heavy (non-hydrogen) atoms. The monoisotopic (exact) mass is 360 g/mol. The van der Waals surface area contributed by atoms with Gasteiger partial charge >= 0.3 is 11.7 Å². The van der Waals surface area contributed by atoms with Crippen LogP contribution >= 0.6 is 11.8 Å². The normalized spacial score (nSPS) is 23.3. The Balaban J connectivity index is 2.06. The summed E-state index contributed by atoms with van der Waals surface area (Å²) in [4.78, 5) is 36.6. The van der Waals surface area contributed by atoms with Gasteiger partial charge in [-0.25, -0.2) is 9.59 Å². The largest absolute Gasteiger partial charge is 0.461 e. The number of nitrogens with one attached hydrogen (secondary N) is 1. The van der Waals surface area contributed by atoms with E-state index in [2.05, 4.69) is 4.98 Å². The van der Waals surface area contributed by atoms with Crippen LogP contribution < -0.4 is 11.2 Å². The molecule has 2 heterocycles. The molecule has 0 spiro atoms. The second-order valence-electron chi connectivity index (χ2n) is 5.11. The Morgan fingerprint density at radius 2 is 2.29 bits per heavy atom. The molecule has 10 heteroatoms. The van der Waals surface area contributed by atoms with Crippen LogP contribution in [0.3, 0.4) is 0 Å². The van der Waals surface area contributed by atoms with Gasteiger partial charge in [-0.05, 0) is 6.26 Å². The maximum atomic E-state index is 11.9. The van der Waals surface area contributed by atoms with Gasteiger partial charge in [-0.1, -0.05) is 0 Å². The molecule has 0 aromatic carbocycles. The Kier molecular flexibility index (Phi) is 7.03. The molecule has 2 rings (SSSR count). The zero-order chi connectivity index (χ0) is 17.5. The standard InChI is InChI=1S/C14H20N2O7S/c1-20-7-13(18)21-6-10-9(22-8-24-2)5-12(23-10)16-4-3-11(17)15-14(16)19/h3-4,9-10,12H,5-8H2,1-2H3,(H,15,17,19)/t9-,10+,12+/m0/s1. The minimum atomic E-state index is -0.604. The van der Waals surface area contributed by atoms with Crippen molar-refractivity contribution in [3.63, 3.8) is 0 Å². The molecule has 0 unspecified atom stereocenters. The van der Waals surface area contributed by atoms with Crippen molar-refractivity contribution in [2.24, 2.45) is 0 Å². The average Bonchev–Trinajstić information content (AvgIpc) is 2.94. The van der Waals surface area contributed by atoms with Crippen LogP contribution in [0.2, 0.25) is 0 Å². The summed E-state index contributed by atoms with van der Waals surface area (Å²) in [5.74, 6) is -0.0570. The summed E-state index contributed by atoms with van der Waals surface area (Å²) in [5, 5.41) is 0. The highest BCUT2D eigenvalue weighted by Crippen LogP contribution is 2.30. The summed E-state index contributed by atoms with van der Waals surface area (Å²) < 4.78 is 22.6. The molecule has 1 fully saturated rings. The highest BCUT2D eigenvalue weighted by Gasteiger charge is 2.38. The number of thioether (sulfide) groups is 1. The van der Waals surface area contributed by atoms with E-state index in [1.165, 1.54) is 35.7 Å². The lowest BCUT2D eigenvalue weighted by Crippen LogP contribution is -2.32. The van der Waals surface area contributed by atoms with E-state index in [4.69, 9.17) is 18.9 Å². The fourth-order valence-corrected chi connectivity index (χ4v) is 2.65. The first-order chi connectivity index (χ1) is 11.5. The van der Waals surface area contributed by atoms with Crippen molar-refractivity contribution in [2.75, 3.05) is 32.5 Å². The predicted octanol–water partition coefficient (Wildman–Crippen LogP) is -0.281. The van der Waals surface area contributed by atoms with Crippen LogP contribution in [-0.4, -0.2) is 60.2 Å². The van der Waals surface area contributed by atoms with Crippen LogP contribution in [0.15, 0.2) is 21.9 Å². The van der Waals surface area contributed by atoms with Gasteiger partial charge in [0.2, 0.25) is 0 Å². The SMILES string of the molecule is COCC(=O)OC[C@H]1O[C@@H](n2ccc(=O)[nH]c2=O)C[C@@H]1OCSC. The molecule has 134 valence electrons. The molecule has 0 aliphatic carbocycles. The fourth-order valence-electron chi connectivity index (χ4n) is 2.34. The number of H-pyrrole nitrogens is 1. The maximum absolute atomic E-state index is 11.9. The number of hydrogen-bond acceptors (Lipinski definition) is 8. The first-order valence-electron chi connectivity index (χ1n) is 7.27. The summed E-state index contributed by atoms with van der Waals surface area (Å²) in [6, 6.07) is 1.24. The molecule has 0 amide bonds. The number of ether oxygens (including phenoxy) is 4. The molecule has 0 saturated carbocycles. The van der Waals surface area contributed by atoms with Crippen molar-refractivity contribution in [2.45, 2.75) is 24.9 Å². The molecule has 1 saturated heterocycles. The summed E-state index contributed by atoms with van der Waals surface area (Å²) in [5.41, 5.74) is -1.04. The minimum Gasteiger partial charge on any atom is -0.461 e. The van der Waals surface area contributed by atoms with E-state index >= 15 is 0 Å². The van der Waals surface area contributed by atoms with Gasteiger partial charge < -0.3 is 18.9 Å². The zero-order valence-corrected chi connectivity index (χ0v) is 14.2. The molecular formula is C14H20N2O7S. The molecule has 1 aliphatic heterocycles. The number of aromatic nitrogens is 2. The molecule has 1 aromatic rings. The molecule has 0 bridgehead atoms. The second-order valence-corrected chi connectivity index (χ2v) is 5.92. The predicted molar refractivity (Wildman–Crippen MR) is 85.9 cm³/mol. The number of esters is 1. The topological polar surface area (TPSA) is 109 Å². The van der Waals surface area contributed by atoms with Crippen LogP contribution in [0.1, 0.15) is 12.6 Å². The Morgan fingerprint density at radius 1 is 1.50 bits per heavy atom. The van der Waals surface area contributed by atoms with E-state index in [0.29, 0.717) is 12.4 Å². The Hall–Kier alpha value is -1.62. The number of carbonyl (C=O) groups is 1. The summed E-state index contributed by atoms with van der Waals surface area (Å²) in [6.45, 7) is -0.151. The van der Waals surface area contributed by atoms with Gasteiger partial charge in [0.1, 0.15) is 25.5 Å². The van der Waals surface area contributed by atoms with Gasteiger partial charge in [0.25, 0.3) is 5.56 Å². The van der Waals surface area contributed by atoms with Crippen LogP contribution in [0.5, 0.6) is 0 Å². The summed E-state index contributed by atoms with van der Waals surface area (Å²) in [6.07, 6.45) is 2.22. The van der Waals surface area contributed by atoms with Crippen molar-refractivity contribution in [1.29, 1.82) is 0 Å². The van der Waals surface area contributed by atoms with Gasteiger partial charge in [0.05, 0.1) is 12.0 Å². The number of rotatable bonds is 8. The second kappa shape index (κ2) is 9.02. The number of hydrogen-bond donors (Lipinski definition) is 1. The van der Waals surface area contributed by atoms with Gasteiger partial charge in [-0.2, -0.15) is 0 Å². The van der Waals surface area contributed by atoms with E-state index in [1.807, 2.05) is 6.26 Å². The minimum absolute atomic E-state index is 0.00412. The molecular weight excluding hydrogens is 340 g/mol. The third-order valence-electron chi connectivity index (χ3n) is 3.41. The lowest BCUT2D eigenvalue weighted by Gasteiger charge is -2.18. The van der Waals surface area contributed by atoms with E-state index < -0.39 is 29.6 Å². The van der Waals surface area contributed by atoms with Crippen molar-refractivity contribution < 1.29 is 23.7 Å². The van der Waals surface area contributed by atoms with Crippen LogP contribution in [0.4, 0.5) is 0 Å². The first kappa shape index (κ1) is 18.7. The van der Waals surface area contributed by atoms with E-state index in [-0.39, 0.29) is 19.3 Å². The smallest absolute Gasteiger partial charge is 0.332 e. The van der Waals surface area contributed by atoms with Crippen molar-refractivity contribution in [3.05, 3.63) is 33.1 Å². The van der Waals surface area contributed by atoms with Crippen molar-refractivity contribution in [1.82, 2.24) is 9.55 Å². The first-order valence-corrected chi connectivity index (χ1v) is 8.66. The van der Waals surface area contributed by atoms with Gasteiger partial charge in [-0.15, -0.1) is 11.8 Å². The number of nitrogens with zero attached hydrogens (tertiary/aromatic N) is 1. The third-order valence-corrected chi connectivity index (χ3v) is 3.78. The Bertz CT molecular complexity index is 659. The van der Waals surface area contributed by atoms with Gasteiger partial charge in [-0.3, -0.25) is 14.3 Å². The highest BCUT2D eigenvalue weighted by atomic mass is 32.2. The lowest BCUT2D eigenvalue weighted by molar-refractivity contribution is -0.154. The quantitative estimate of drug-likeness (QED) is 0.498. The fraction of sp³-hybridized carbons (Fsp3) is 0.643. The molecule has 0 radical (unpaired) electrons. The summed E-state index contributed by atoms with van der Waals surface area (Å²) in [7, 11) is 1.40. The van der Waals surface area contributed by atoms with E-state index in [9.17, 15) is 14.4 Å². The molecule has 1 aromatic heterocycles. The number of aromatic amines is 1. The van der Waals surface area contributed by atoms with Crippen LogP contribution in [-0.2, 0) is 23.7 Å². The third kappa shape index (κ3) is 4.94. The molecule has 9 nitrogen and oxygen atoms in total. The number of carbonyl (C=O) groups excluding carboxylic acids is 1. The number of methoxy groups -OCH3 is 1. The molecule has 3 atom stereocenters. The van der Waals surface area contributed by atoms with Crippen LogP contribution in [0, 0.1) is 0 Å². The van der Waals surface area contributed by atoms with Crippen LogP contribution in [0.25, 0.3) is 0 Å². The van der Waals surface area contributed by atoms with E-state index in [0.717, 1.165) is 0 Å². The molecule has 1 aliphatic rings. The maximum Gasteiger partial charge on any atom is 0.332 e. The van der Waals surface area contributed by atoms with Gasteiger partial charge in [0, 0.05) is 25.8 Å². The van der Waals surface area contributed by atoms with Gasteiger partial charge in [0.15, 0.2) is 0 Å². The van der Waals surface area contributed by atoms with Crippen molar-refractivity contribution in [3.8, 4) is 0 Å². The lowest BCUT2D eigenvalue weighted by atomic mass is 10.2. The Labute approximate surface area is 142 Å². The van der Waals surface area contributed by atoms with Crippen molar-refractivity contribution >= 4 is 17.7 Å². The average molecular weight is 360 g/mol. The molecule has 1 N–H and O–H groups in total. The zero-order valence-electron chi connectivity index (χ0n) is 13.4. The Morgan fingerprint density at radius 3 is 2.96 bits per heavy atom.